The van der Waals surface area contributed by atoms with Gasteiger partial charge in [-0.05, 0) is 30.8 Å². The summed E-state index contributed by atoms with van der Waals surface area (Å²) < 4.78 is 0. The minimum absolute atomic E-state index is 0.0235. The van der Waals surface area contributed by atoms with Gasteiger partial charge in [-0.2, -0.15) is 5.06 Å². The van der Waals surface area contributed by atoms with Crippen LogP contribution in [0.2, 0.25) is 0 Å². The maximum absolute atomic E-state index is 7.38. The average molecular weight is 209 g/mol. The Morgan fingerprint density at radius 2 is 2.07 bits per heavy atom. The van der Waals surface area contributed by atoms with Crippen LogP contribution in [0.25, 0.3) is 0 Å². The molecule has 1 rings (SSSR count). The van der Waals surface area contributed by atoms with Gasteiger partial charge in [0.25, 0.3) is 0 Å². The van der Waals surface area contributed by atoms with Crippen LogP contribution in [0.5, 0.6) is 0 Å². The van der Waals surface area contributed by atoms with Crippen molar-refractivity contribution >= 4 is 23.0 Å². The highest BCUT2D eigenvalue weighted by Gasteiger charge is 2.09. The summed E-state index contributed by atoms with van der Waals surface area (Å²) in [5.41, 5.74) is 8.18. The van der Waals surface area contributed by atoms with E-state index in [-0.39, 0.29) is 5.11 Å². The zero-order chi connectivity index (χ0) is 10.4. The molecule has 0 spiro atoms. The Bertz CT molecular complexity index is 289. The maximum Gasteiger partial charge on any atom is 0.217 e. The Labute approximate surface area is 89.4 Å². The van der Waals surface area contributed by atoms with E-state index in [0.717, 1.165) is 12.1 Å². The van der Waals surface area contributed by atoms with Gasteiger partial charge in [-0.25, -0.2) is 0 Å². The number of hydrogen-bond acceptors (Lipinski definition) is 2. The molecule has 0 fully saturated rings. The highest BCUT2D eigenvalue weighted by atomic mass is 32.1. The van der Waals surface area contributed by atoms with E-state index in [0.29, 0.717) is 6.61 Å². The number of benzene rings is 1. The van der Waals surface area contributed by atoms with Crippen LogP contribution in [-0.4, -0.2) is 11.7 Å². The number of hydrogen-bond donors (Lipinski definition) is 0. The second-order valence-electron chi connectivity index (χ2n) is 2.77. The number of nitrogens with zero attached hydrogens (tertiary/aromatic N) is 1. The second kappa shape index (κ2) is 5.57. The van der Waals surface area contributed by atoms with Gasteiger partial charge in [0.05, 0.1) is 12.3 Å². The smallest absolute Gasteiger partial charge is 0.217 e. The van der Waals surface area contributed by atoms with Crippen LogP contribution < -0.4 is 10.8 Å². The second-order valence-corrected chi connectivity index (χ2v) is 3.16. The summed E-state index contributed by atoms with van der Waals surface area (Å²) in [4.78, 5) is 5.34. The molecular formula is C10H13N2OS. The number of para-hydroxylation sites is 1. The lowest BCUT2D eigenvalue weighted by molar-refractivity contribution is 0.144. The van der Waals surface area contributed by atoms with E-state index in [1.165, 1.54) is 5.06 Å². The summed E-state index contributed by atoms with van der Waals surface area (Å²) in [5, 5.41) is 1.34. The van der Waals surface area contributed by atoms with Crippen LogP contribution in [0.15, 0.2) is 30.3 Å². The highest BCUT2D eigenvalue weighted by Crippen LogP contribution is 2.13. The topological polar surface area (TPSA) is 36.3 Å². The van der Waals surface area contributed by atoms with E-state index in [9.17, 15) is 0 Å². The number of hydroxylamine groups is 1. The SMILES string of the molecule is CCCON(C([NH])=S)c1ccccc1. The van der Waals surface area contributed by atoms with Crippen LogP contribution in [0.4, 0.5) is 5.69 Å². The van der Waals surface area contributed by atoms with Gasteiger partial charge in [0.1, 0.15) is 0 Å². The average Bonchev–Trinajstić information content (AvgIpc) is 2.19. The largest absolute Gasteiger partial charge is 0.273 e. The van der Waals surface area contributed by atoms with Crippen molar-refractivity contribution in [3.63, 3.8) is 0 Å². The lowest BCUT2D eigenvalue weighted by Gasteiger charge is -2.20. The Kier molecular flexibility index (Phi) is 4.35. The van der Waals surface area contributed by atoms with Crippen LogP contribution in [0.3, 0.4) is 0 Å². The fraction of sp³-hybridized carbons (Fsp3) is 0.300. The molecule has 0 heterocycles. The molecule has 0 aliphatic heterocycles. The Balaban J connectivity index is 2.73. The summed E-state index contributed by atoms with van der Waals surface area (Å²) >= 11 is 4.78. The molecule has 0 aliphatic carbocycles. The third-order valence-electron chi connectivity index (χ3n) is 1.60. The molecule has 1 aromatic carbocycles. The normalized spacial score (nSPS) is 9.79. The molecule has 0 saturated carbocycles. The zero-order valence-corrected chi connectivity index (χ0v) is 8.88. The standard InChI is InChI=1S/C10H13N2OS/c1-2-8-13-12(10(11)14)9-6-4-3-5-7-9/h3-7,11H,2,8H2,1H3. The van der Waals surface area contributed by atoms with Gasteiger partial charge in [0.15, 0.2) is 0 Å². The lowest BCUT2D eigenvalue weighted by atomic mass is 10.3. The summed E-state index contributed by atoms with van der Waals surface area (Å²) in [5.74, 6) is 0. The molecule has 0 atom stereocenters. The van der Waals surface area contributed by atoms with Crippen LogP contribution >= 0.6 is 12.2 Å². The third-order valence-corrected chi connectivity index (χ3v) is 1.77. The lowest BCUT2D eigenvalue weighted by Crippen LogP contribution is -2.30. The molecule has 1 radical (unpaired) electrons. The van der Waals surface area contributed by atoms with Crippen molar-refractivity contribution < 1.29 is 4.84 Å². The molecule has 1 N–H and O–H groups in total. The first kappa shape index (κ1) is 10.9. The third kappa shape index (κ3) is 2.97. The number of rotatable bonds is 4. The van der Waals surface area contributed by atoms with Gasteiger partial charge < -0.3 is 0 Å². The van der Waals surface area contributed by atoms with Gasteiger partial charge in [-0.15, -0.1) is 0 Å². The van der Waals surface area contributed by atoms with Crippen molar-refractivity contribution in [3.05, 3.63) is 30.3 Å². The number of nitrogens with one attached hydrogen (secondary N) is 1. The van der Waals surface area contributed by atoms with Gasteiger partial charge >= 0.3 is 0 Å². The van der Waals surface area contributed by atoms with Crippen molar-refractivity contribution in [2.24, 2.45) is 0 Å². The van der Waals surface area contributed by atoms with E-state index in [4.69, 9.17) is 22.8 Å². The van der Waals surface area contributed by atoms with Gasteiger partial charge in [0, 0.05) is 0 Å². The summed E-state index contributed by atoms with van der Waals surface area (Å²) in [6.45, 7) is 2.57. The fourth-order valence-corrected chi connectivity index (χ4v) is 1.15. The van der Waals surface area contributed by atoms with Crippen molar-refractivity contribution in [2.45, 2.75) is 13.3 Å². The van der Waals surface area contributed by atoms with E-state index in [1.807, 2.05) is 37.3 Å². The van der Waals surface area contributed by atoms with Gasteiger partial charge in [0.2, 0.25) is 5.11 Å². The summed E-state index contributed by atoms with van der Waals surface area (Å²) in [6.07, 6.45) is 0.895. The minimum atomic E-state index is -0.0235. The van der Waals surface area contributed by atoms with Crippen molar-refractivity contribution in [3.8, 4) is 0 Å². The van der Waals surface area contributed by atoms with Gasteiger partial charge in [-0.1, -0.05) is 25.1 Å². The highest BCUT2D eigenvalue weighted by molar-refractivity contribution is 7.80. The van der Waals surface area contributed by atoms with E-state index >= 15 is 0 Å². The molecule has 14 heavy (non-hydrogen) atoms. The number of anilines is 1. The molecule has 0 amide bonds. The zero-order valence-electron chi connectivity index (χ0n) is 8.06. The van der Waals surface area contributed by atoms with Crippen molar-refractivity contribution in [2.75, 3.05) is 11.7 Å². The molecule has 0 unspecified atom stereocenters. The van der Waals surface area contributed by atoms with E-state index < -0.39 is 0 Å². The molecule has 3 nitrogen and oxygen atoms in total. The van der Waals surface area contributed by atoms with Crippen LogP contribution in [-0.2, 0) is 4.84 Å². The summed E-state index contributed by atoms with van der Waals surface area (Å²) in [6, 6.07) is 9.40. The first-order valence-electron chi connectivity index (χ1n) is 4.49. The van der Waals surface area contributed by atoms with Crippen molar-refractivity contribution in [1.82, 2.24) is 5.73 Å². The monoisotopic (exact) mass is 209 g/mol. The molecule has 4 heteroatoms. The molecule has 0 aliphatic rings. The fourth-order valence-electron chi connectivity index (χ4n) is 0.996. The molecule has 0 aromatic heterocycles. The van der Waals surface area contributed by atoms with Crippen LogP contribution in [0, 0.1) is 0 Å². The first-order valence-corrected chi connectivity index (χ1v) is 4.90. The molecule has 0 saturated heterocycles. The van der Waals surface area contributed by atoms with Gasteiger partial charge in [-0.3, -0.25) is 10.6 Å². The predicted molar refractivity (Wildman–Crippen MR) is 60.9 cm³/mol. The quantitative estimate of drug-likeness (QED) is 0.564. The minimum Gasteiger partial charge on any atom is -0.273 e. The predicted octanol–water partition coefficient (Wildman–Crippen LogP) is 2.40. The Hall–Kier alpha value is -1.13. The molecule has 0 bridgehead atoms. The van der Waals surface area contributed by atoms with E-state index in [1.54, 1.807) is 0 Å². The number of thiocarbonyl (C=S) groups is 1. The van der Waals surface area contributed by atoms with Crippen molar-refractivity contribution in [1.29, 1.82) is 0 Å². The maximum atomic E-state index is 7.38. The van der Waals surface area contributed by atoms with Crippen LogP contribution in [0.1, 0.15) is 13.3 Å². The Morgan fingerprint density at radius 1 is 1.43 bits per heavy atom. The molecular weight excluding hydrogens is 196 g/mol. The summed E-state index contributed by atoms with van der Waals surface area (Å²) in [7, 11) is 0. The molecule has 75 valence electrons. The molecule has 1 aromatic rings. The van der Waals surface area contributed by atoms with E-state index in [2.05, 4.69) is 0 Å². The Morgan fingerprint density at radius 3 is 2.57 bits per heavy atom. The first-order chi connectivity index (χ1) is 6.75.